The molecule has 0 spiro atoms. The summed E-state index contributed by atoms with van der Waals surface area (Å²) in [7, 11) is -3.31. The lowest BCUT2D eigenvalue weighted by molar-refractivity contribution is -0.126. The lowest BCUT2D eigenvalue weighted by Gasteiger charge is -2.30. The van der Waals surface area contributed by atoms with E-state index in [1.807, 2.05) is 4.81 Å². The fourth-order valence-corrected chi connectivity index (χ4v) is 4.29. The SMILES string of the molecule is O=C[B]N1CCC[C@@H](NC(=O)[C@@H]2CC[C@@H]3CN2C(=O)N3OS(=O)(=O)O)CC1. The highest BCUT2D eigenvalue weighted by Crippen LogP contribution is 2.30. The maximum atomic E-state index is 12.7. The maximum Gasteiger partial charge on any atom is 0.418 e. The summed E-state index contributed by atoms with van der Waals surface area (Å²) in [5, 5.41) is 3.60. The molecule has 3 fully saturated rings. The number of amides is 3. The number of piperidine rings is 1. The molecule has 0 aromatic rings. The highest BCUT2D eigenvalue weighted by Gasteiger charge is 2.49. The normalized spacial score (nSPS) is 29.4. The highest BCUT2D eigenvalue weighted by molar-refractivity contribution is 7.80. The van der Waals surface area contributed by atoms with Gasteiger partial charge in [0.05, 0.1) is 12.2 Å². The second-order valence-electron chi connectivity index (χ2n) is 6.97. The van der Waals surface area contributed by atoms with Gasteiger partial charge in [-0.2, -0.15) is 13.5 Å². The number of hydrogen-bond acceptors (Lipinski definition) is 7. The van der Waals surface area contributed by atoms with E-state index in [1.165, 1.54) is 12.3 Å². The Bertz CT molecular complexity index is 706. The molecule has 3 heterocycles. The number of hydroxylamine groups is 2. The van der Waals surface area contributed by atoms with E-state index in [4.69, 9.17) is 4.55 Å². The minimum absolute atomic E-state index is 0.0526. The number of carbonyl (C=O) groups is 3. The third kappa shape index (κ3) is 4.78. The fourth-order valence-electron chi connectivity index (χ4n) is 3.90. The Morgan fingerprint density at radius 3 is 2.74 bits per heavy atom. The van der Waals surface area contributed by atoms with Crippen LogP contribution in [0.5, 0.6) is 0 Å². The van der Waals surface area contributed by atoms with Gasteiger partial charge < -0.3 is 19.8 Å². The Morgan fingerprint density at radius 2 is 2.04 bits per heavy atom. The molecule has 13 heteroatoms. The molecule has 3 rings (SSSR count). The number of carbonyl (C=O) groups excluding carboxylic acids is 3. The highest BCUT2D eigenvalue weighted by atomic mass is 32.3. The number of urea groups is 1. The first kappa shape index (κ1) is 20.0. The molecule has 2 N–H and O–H groups in total. The summed E-state index contributed by atoms with van der Waals surface area (Å²) >= 11 is 0. The number of nitrogens with zero attached hydrogens (tertiary/aromatic N) is 3. The molecule has 2 bridgehead atoms. The maximum absolute atomic E-state index is 12.7. The molecule has 11 nitrogen and oxygen atoms in total. The molecule has 0 aromatic heterocycles. The second-order valence-corrected chi connectivity index (χ2v) is 7.97. The van der Waals surface area contributed by atoms with Gasteiger partial charge in [-0.3, -0.25) is 9.35 Å². The standard InChI is InChI=1S/C14H22BN4O7S/c20-9-15-17-6-1-2-10(5-7-17)16-13(21)12-4-3-11-8-18(12)14(22)19(11)26-27(23,24)25/h9-12H,1-8H2,(H,16,21)(H,23,24,25)/t10-,11-,12+/m1/s1. The molecule has 3 atom stereocenters. The van der Waals surface area contributed by atoms with Gasteiger partial charge in [0, 0.05) is 12.6 Å². The van der Waals surface area contributed by atoms with Gasteiger partial charge in [-0.25, -0.2) is 4.79 Å². The first-order chi connectivity index (χ1) is 12.8. The molecule has 3 saturated heterocycles. The lowest BCUT2D eigenvalue weighted by atomic mass is 9.94. The molecule has 149 valence electrons. The molecule has 0 aliphatic carbocycles. The van der Waals surface area contributed by atoms with Crippen LogP contribution in [0.4, 0.5) is 4.79 Å². The Morgan fingerprint density at radius 1 is 1.26 bits per heavy atom. The van der Waals surface area contributed by atoms with Crippen molar-refractivity contribution < 1.29 is 31.6 Å². The van der Waals surface area contributed by atoms with Crippen LogP contribution in [0.3, 0.4) is 0 Å². The first-order valence-corrected chi connectivity index (χ1v) is 10.2. The molecule has 1 radical (unpaired) electrons. The van der Waals surface area contributed by atoms with Gasteiger partial charge >= 0.3 is 16.4 Å². The molecular formula is C14H22BN4O7S. The predicted octanol–water partition coefficient (Wildman–Crippen LogP) is -1.23. The van der Waals surface area contributed by atoms with Crippen LogP contribution in [-0.2, 0) is 24.3 Å². The van der Waals surface area contributed by atoms with Crippen LogP contribution < -0.4 is 5.32 Å². The average molecular weight is 401 g/mol. The molecule has 27 heavy (non-hydrogen) atoms. The predicted molar refractivity (Wildman–Crippen MR) is 93.2 cm³/mol. The molecule has 0 aromatic carbocycles. The van der Waals surface area contributed by atoms with E-state index >= 15 is 0 Å². The third-order valence-corrected chi connectivity index (χ3v) is 5.53. The summed E-state index contributed by atoms with van der Waals surface area (Å²) < 4.78 is 35.0. The Balaban J connectivity index is 1.58. The molecule has 0 saturated carbocycles. The fraction of sp³-hybridized carbons (Fsp3) is 0.786. The number of hydrogen-bond donors (Lipinski definition) is 2. The summed E-state index contributed by atoms with van der Waals surface area (Å²) in [6.45, 7) is 1.58. The minimum Gasteiger partial charge on any atom is -0.352 e. The van der Waals surface area contributed by atoms with Crippen molar-refractivity contribution in [2.45, 2.75) is 50.2 Å². The van der Waals surface area contributed by atoms with Crippen molar-refractivity contribution in [3.05, 3.63) is 0 Å². The largest absolute Gasteiger partial charge is 0.418 e. The summed E-state index contributed by atoms with van der Waals surface area (Å²) in [5.41, 5.74) is 0. The number of fused-ring (bicyclic) bond motifs is 2. The summed E-state index contributed by atoms with van der Waals surface area (Å²) in [4.78, 5) is 38.9. The van der Waals surface area contributed by atoms with E-state index in [0.717, 1.165) is 25.6 Å². The van der Waals surface area contributed by atoms with Crippen LogP contribution >= 0.6 is 0 Å². The number of nitrogens with one attached hydrogen (secondary N) is 1. The van der Waals surface area contributed by atoms with Gasteiger partial charge in [-0.1, -0.05) is 0 Å². The van der Waals surface area contributed by atoms with E-state index in [9.17, 15) is 22.8 Å². The van der Waals surface area contributed by atoms with Crippen LogP contribution in [0, 0.1) is 0 Å². The Labute approximate surface area is 158 Å². The van der Waals surface area contributed by atoms with E-state index in [0.29, 0.717) is 30.9 Å². The molecule has 3 amide bonds. The average Bonchev–Trinajstić information content (AvgIpc) is 2.76. The van der Waals surface area contributed by atoms with Crippen LogP contribution in [0.1, 0.15) is 32.1 Å². The smallest absolute Gasteiger partial charge is 0.352 e. The zero-order valence-corrected chi connectivity index (χ0v) is 15.5. The van der Waals surface area contributed by atoms with E-state index in [1.54, 1.807) is 0 Å². The van der Waals surface area contributed by atoms with Crippen molar-refractivity contribution in [1.29, 1.82) is 0 Å². The van der Waals surface area contributed by atoms with Crippen molar-refractivity contribution in [2.24, 2.45) is 0 Å². The summed E-state index contributed by atoms with van der Waals surface area (Å²) in [6, 6.07) is -2.02. The van der Waals surface area contributed by atoms with Gasteiger partial charge in [-0.15, -0.1) is 4.28 Å². The van der Waals surface area contributed by atoms with Gasteiger partial charge in [0.15, 0.2) is 0 Å². The zero-order valence-electron chi connectivity index (χ0n) is 14.7. The van der Waals surface area contributed by atoms with E-state index in [-0.39, 0.29) is 18.5 Å². The van der Waals surface area contributed by atoms with Crippen LogP contribution in [0.2, 0.25) is 0 Å². The van der Waals surface area contributed by atoms with Gasteiger partial charge in [0.25, 0.3) is 7.41 Å². The zero-order chi connectivity index (χ0) is 19.6. The Hall–Kier alpha value is -1.70. The monoisotopic (exact) mass is 401 g/mol. The van der Waals surface area contributed by atoms with Crippen molar-refractivity contribution in [2.75, 3.05) is 19.6 Å². The van der Waals surface area contributed by atoms with Crippen molar-refractivity contribution >= 4 is 35.9 Å². The van der Waals surface area contributed by atoms with Gasteiger partial charge in [0.1, 0.15) is 6.04 Å². The number of rotatable bonds is 6. The second kappa shape index (κ2) is 8.13. The summed E-state index contributed by atoms with van der Waals surface area (Å²) in [5.74, 6) is -0.284. The first-order valence-electron chi connectivity index (χ1n) is 8.88. The van der Waals surface area contributed by atoms with Gasteiger partial charge in [0.2, 0.25) is 5.91 Å². The van der Waals surface area contributed by atoms with E-state index < -0.39 is 28.5 Å². The van der Waals surface area contributed by atoms with Crippen molar-refractivity contribution in [3.63, 3.8) is 0 Å². The van der Waals surface area contributed by atoms with Gasteiger partial charge in [-0.05, 0) is 45.2 Å². The molecular weight excluding hydrogens is 379 g/mol. The van der Waals surface area contributed by atoms with Crippen LogP contribution in [-0.4, -0.2) is 91.0 Å². The molecule has 3 aliphatic heterocycles. The van der Waals surface area contributed by atoms with Crippen molar-refractivity contribution in [1.82, 2.24) is 20.1 Å². The lowest BCUT2D eigenvalue weighted by Crippen LogP contribution is -2.52. The van der Waals surface area contributed by atoms with Crippen LogP contribution in [0.25, 0.3) is 0 Å². The molecule has 3 aliphatic rings. The third-order valence-electron chi connectivity index (χ3n) is 5.18. The Kier molecular flexibility index (Phi) is 6.03. The quantitative estimate of drug-likeness (QED) is 0.321. The topological polar surface area (TPSA) is 137 Å². The minimum atomic E-state index is -4.81. The van der Waals surface area contributed by atoms with E-state index in [2.05, 4.69) is 9.60 Å². The summed E-state index contributed by atoms with van der Waals surface area (Å²) in [6.07, 6.45) is 3.82. The molecule has 0 unspecified atom stereocenters. The van der Waals surface area contributed by atoms with Crippen LogP contribution in [0.15, 0.2) is 0 Å². The van der Waals surface area contributed by atoms with Crippen molar-refractivity contribution in [3.8, 4) is 0 Å².